The molecule has 7 atom stereocenters. The summed E-state index contributed by atoms with van der Waals surface area (Å²) < 4.78 is 6.75. The Labute approximate surface area is 207 Å². The van der Waals surface area contributed by atoms with E-state index in [1.54, 1.807) is 4.90 Å². The van der Waals surface area contributed by atoms with Crippen molar-refractivity contribution in [3.05, 3.63) is 30.3 Å². The van der Waals surface area contributed by atoms with Crippen LogP contribution in [-0.2, 0) is 19.1 Å². The van der Waals surface area contributed by atoms with Gasteiger partial charge in [-0.25, -0.2) is 0 Å². The monoisotopic (exact) mass is 485 g/mol. The minimum absolute atomic E-state index is 0.0255. The van der Waals surface area contributed by atoms with Crippen molar-refractivity contribution in [2.75, 3.05) is 11.9 Å². The first-order valence-corrected chi connectivity index (χ1v) is 12.9. The molecule has 0 aromatic heterocycles. The number of fused-ring (bicyclic) bond motifs is 1. The second-order valence-electron chi connectivity index (χ2n) is 10.7. The maximum atomic E-state index is 14.2. The van der Waals surface area contributed by atoms with Crippen molar-refractivity contribution in [3.63, 3.8) is 0 Å². The van der Waals surface area contributed by atoms with Crippen LogP contribution in [0.2, 0.25) is 0 Å². The highest BCUT2D eigenvalue weighted by Gasteiger charge is 2.79. The van der Waals surface area contributed by atoms with Gasteiger partial charge in [0.2, 0.25) is 17.7 Å². The molecule has 8 nitrogen and oxygen atoms in total. The van der Waals surface area contributed by atoms with E-state index in [-0.39, 0.29) is 36.3 Å². The Hall–Kier alpha value is -2.45. The maximum absolute atomic E-state index is 14.2. The fourth-order valence-electron chi connectivity index (χ4n) is 6.63. The van der Waals surface area contributed by atoms with Crippen LogP contribution in [0.1, 0.15) is 60.3 Å². The molecule has 3 aliphatic heterocycles. The minimum Gasteiger partial charge on any atom is -0.394 e. The number of aliphatic hydroxyl groups is 1. The Morgan fingerprint density at radius 1 is 1.14 bits per heavy atom. The zero-order valence-electron chi connectivity index (χ0n) is 21.4. The molecule has 3 fully saturated rings. The average molecular weight is 486 g/mol. The molecular formula is C27H39N3O5. The molecule has 0 radical (unpaired) electrons. The molecular weight excluding hydrogens is 446 g/mol. The van der Waals surface area contributed by atoms with Gasteiger partial charge in [-0.1, -0.05) is 45.4 Å². The van der Waals surface area contributed by atoms with Gasteiger partial charge in [0.05, 0.1) is 30.1 Å². The zero-order valence-corrected chi connectivity index (χ0v) is 21.4. The van der Waals surface area contributed by atoms with Crippen LogP contribution in [0.5, 0.6) is 0 Å². The highest BCUT2D eigenvalue weighted by Crippen LogP contribution is 2.64. The number of ether oxygens (including phenoxy) is 1. The van der Waals surface area contributed by atoms with Gasteiger partial charge in [-0.2, -0.15) is 0 Å². The van der Waals surface area contributed by atoms with Crippen molar-refractivity contribution in [1.82, 2.24) is 10.2 Å². The Kier molecular flexibility index (Phi) is 6.99. The second-order valence-corrected chi connectivity index (χ2v) is 10.7. The normalized spacial score (nSPS) is 33.1. The predicted molar refractivity (Wildman–Crippen MR) is 132 cm³/mol. The lowest BCUT2D eigenvalue weighted by atomic mass is 9.65. The SMILES string of the molecule is CC[C@H](C)[C@H](CO)N1C(=O)[C@@H]2[C@H](C(=O)Nc3ccccc3)[C@]3(CC)CCC2(O3)C1C(=O)NC(C)C. The summed E-state index contributed by atoms with van der Waals surface area (Å²) in [4.78, 5) is 43.1. The van der Waals surface area contributed by atoms with Crippen LogP contribution in [-0.4, -0.2) is 63.7 Å². The van der Waals surface area contributed by atoms with Gasteiger partial charge in [0.25, 0.3) is 0 Å². The lowest BCUT2D eigenvalue weighted by Crippen LogP contribution is -2.59. The summed E-state index contributed by atoms with van der Waals surface area (Å²) in [6, 6.07) is 7.64. The molecule has 192 valence electrons. The quantitative estimate of drug-likeness (QED) is 0.499. The van der Waals surface area contributed by atoms with Gasteiger partial charge in [-0.3, -0.25) is 14.4 Å². The van der Waals surface area contributed by atoms with Crippen LogP contribution in [0.25, 0.3) is 0 Å². The summed E-state index contributed by atoms with van der Waals surface area (Å²) in [5, 5.41) is 16.3. The predicted octanol–water partition coefficient (Wildman–Crippen LogP) is 2.71. The highest BCUT2D eigenvalue weighted by atomic mass is 16.5. The van der Waals surface area contributed by atoms with E-state index < -0.39 is 35.1 Å². The summed E-state index contributed by atoms with van der Waals surface area (Å²) in [5.74, 6) is -2.33. The summed E-state index contributed by atoms with van der Waals surface area (Å²) >= 11 is 0. The topological polar surface area (TPSA) is 108 Å². The number of aliphatic hydroxyl groups excluding tert-OH is 1. The first kappa shape index (κ1) is 25.6. The third kappa shape index (κ3) is 3.95. The first-order valence-electron chi connectivity index (χ1n) is 12.9. The molecule has 35 heavy (non-hydrogen) atoms. The van der Waals surface area contributed by atoms with E-state index in [0.29, 0.717) is 24.9 Å². The van der Waals surface area contributed by atoms with Crippen LogP contribution < -0.4 is 10.6 Å². The number of carbonyl (C=O) groups excluding carboxylic acids is 3. The van der Waals surface area contributed by atoms with Crippen molar-refractivity contribution in [3.8, 4) is 0 Å². The number of rotatable bonds is 9. The maximum Gasteiger partial charge on any atom is 0.246 e. The van der Waals surface area contributed by atoms with Gasteiger partial charge >= 0.3 is 0 Å². The zero-order chi connectivity index (χ0) is 25.5. The van der Waals surface area contributed by atoms with Crippen molar-refractivity contribution >= 4 is 23.4 Å². The number of anilines is 1. The first-order chi connectivity index (χ1) is 16.7. The van der Waals surface area contributed by atoms with E-state index in [0.717, 1.165) is 6.42 Å². The van der Waals surface area contributed by atoms with Crippen molar-refractivity contribution in [2.45, 2.75) is 89.6 Å². The molecule has 3 amide bonds. The van der Waals surface area contributed by atoms with E-state index in [9.17, 15) is 19.5 Å². The number of amides is 3. The molecule has 3 heterocycles. The van der Waals surface area contributed by atoms with Gasteiger partial charge in [-0.15, -0.1) is 0 Å². The van der Waals surface area contributed by atoms with Crippen LogP contribution in [0.4, 0.5) is 5.69 Å². The van der Waals surface area contributed by atoms with Gasteiger partial charge < -0.3 is 25.4 Å². The molecule has 8 heteroatoms. The van der Waals surface area contributed by atoms with Gasteiger partial charge in [0, 0.05) is 11.7 Å². The molecule has 1 aromatic carbocycles. The van der Waals surface area contributed by atoms with Crippen molar-refractivity contribution in [1.29, 1.82) is 0 Å². The van der Waals surface area contributed by atoms with E-state index in [1.165, 1.54) is 0 Å². The highest BCUT2D eigenvalue weighted by molar-refractivity contribution is 6.02. The van der Waals surface area contributed by atoms with Gasteiger partial charge in [-0.05, 0) is 51.2 Å². The molecule has 1 aromatic rings. The van der Waals surface area contributed by atoms with Gasteiger partial charge in [0.15, 0.2) is 0 Å². The number of nitrogens with one attached hydrogen (secondary N) is 2. The van der Waals surface area contributed by atoms with E-state index in [4.69, 9.17) is 4.74 Å². The minimum atomic E-state index is -1.09. The number of nitrogens with zero attached hydrogens (tertiary/aromatic N) is 1. The van der Waals surface area contributed by atoms with Crippen LogP contribution in [0.3, 0.4) is 0 Å². The molecule has 0 aliphatic carbocycles. The van der Waals surface area contributed by atoms with Crippen LogP contribution >= 0.6 is 0 Å². The fraction of sp³-hybridized carbons (Fsp3) is 0.667. The lowest BCUT2D eigenvalue weighted by Gasteiger charge is -2.39. The average Bonchev–Trinajstić information content (AvgIpc) is 3.43. The smallest absolute Gasteiger partial charge is 0.246 e. The molecule has 2 unspecified atom stereocenters. The molecule has 2 bridgehead atoms. The molecule has 3 aliphatic rings. The van der Waals surface area contributed by atoms with Crippen molar-refractivity contribution in [2.24, 2.45) is 17.8 Å². The van der Waals surface area contributed by atoms with Crippen LogP contribution in [0.15, 0.2) is 30.3 Å². The number of carbonyl (C=O) groups is 3. The fourth-order valence-corrected chi connectivity index (χ4v) is 6.63. The summed E-state index contributed by atoms with van der Waals surface area (Å²) in [6.07, 6.45) is 2.44. The summed E-state index contributed by atoms with van der Waals surface area (Å²) in [5.41, 5.74) is -1.23. The van der Waals surface area contributed by atoms with E-state index in [2.05, 4.69) is 10.6 Å². The molecule has 3 saturated heterocycles. The van der Waals surface area contributed by atoms with Gasteiger partial charge in [0.1, 0.15) is 11.6 Å². The molecule has 3 N–H and O–H groups in total. The molecule has 1 spiro atoms. The number of benzene rings is 1. The number of likely N-dealkylation sites (tertiary alicyclic amines) is 1. The molecule has 4 rings (SSSR count). The summed E-state index contributed by atoms with van der Waals surface area (Å²) in [7, 11) is 0. The van der Waals surface area contributed by atoms with E-state index in [1.807, 2.05) is 65.0 Å². The second kappa shape index (κ2) is 9.54. The largest absolute Gasteiger partial charge is 0.394 e. The third-order valence-corrected chi connectivity index (χ3v) is 8.47. The number of hydrogen-bond donors (Lipinski definition) is 3. The number of hydrogen-bond acceptors (Lipinski definition) is 5. The van der Waals surface area contributed by atoms with Crippen LogP contribution in [0, 0.1) is 17.8 Å². The third-order valence-electron chi connectivity index (χ3n) is 8.47. The standard InChI is InChI=1S/C27H39N3O5/c1-6-17(5)19(15-31)30-22(24(33)28-16(3)4)27-14-13-26(7-2,35-27)20(21(27)25(30)34)23(32)29-18-11-9-8-10-12-18/h8-12,16-17,19-22,31H,6-7,13-15H2,1-5H3,(H,28,33)(H,29,32)/t17-,19-,20+,21-,22?,26-,27?/m0/s1. The number of para-hydroxylation sites is 1. The molecule has 0 saturated carbocycles. The Balaban J connectivity index is 1.79. The Morgan fingerprint density at radius 2 is 1.83 bits per heavy atom. The Morgan fingerprint density at radius 3 is 2.40 bits per heavy atom. The van der Waals surface area contributed by atoms with E-state index >= 15 is 0 Å². The van der Waals surface area contributed by atoms with Crippen molar-refractivity contribution < 1.29 is 24.2 Å². The Bertz CT molecular complexity index is 969. The summed E-state index contributed by atoms with van der Waals surface area (Å²) in [6.45, 7) is 9.45. The lowest BCUT2D eigenvalue weighted by molar-refractivity contribution is -0.151.